The zero-order valence-corrected chi connectivity index (χ0v) is 14.4. The Morgan fingerprint density at radius 2 is 2.00 bits per heavy atom. The predicted molar refractivity (Wildman–Crippen MR) is 93.5 cm³/mol. The van der Waals surface area contributed by atoms with Crippen molar-refractivity contribution < 1.29 is 14.3 Å². The molecule has 24 heavy (non-hydrogen) atoms. The molecule has 1 amide bonds. The van der Waals surface area contributed by atoms with Crippen molar-refractivity contribution in [2.24, 2.45) is 0 Å². The zero-order chi connectivity index (χ0) is 17.4. The molecule has 2 aromatic rings. The molecule has 0 aliphatic carbocycles. The number of hydrogen-bond donors (Lipinski definition) is 1. The van der Waals surface area contributed by atoms with E-state index in [2.05, 4.69) is 11.4 Å². The van der Waals surface area contributed by atoms with Gasteiger partial charge in [-0.25, -0.2) is 0 Å². The number of nitriles is 1. The molecule has 0 heterocycles. The molecule has 5 nitrogen and oxygen atoms in total. The van der Waals surface area contributed by atoms with Crippen molar-refractivity contribution in [3.05, 3.63) is 53.6 Å². The number of nitrogens with one attached hydrogen (secondary N) is 1. The van der Waals surface area contributed by atoms with Crippen LogP contribution in [0.2, 0.25) is 0 Å². The SMILES string of the molecule is COc1cccc(CNC(=O)c2cccc(SCC#N)c2)c1OC. The summed E-state index contributed by atoms with van der Waals surface area (Å²) < 4.78 is 10.6. The minimum Gasteiger partial charge on any atom is -0.493 e. The van der Waals surface area contributed by atoms with Gasteiger partial charge in [-0.15, -0.1) is 11.8 Å². The van der Waals surface area contributed by atoms with Gasteiger partial charge in [0.2, 0.25) is 0 Å². The molecule has 6 heteroatoms. The summed E-state index contributed by atoms with van der Waals surface area (Å²) >= 11 is 1.40. The Bertz CT molecular complexity index is 756. The molecule has 0 saturated heterocycles. The molecule has 0 atom stereocenters. The summed E-state index contributed by atoms with van der Waals surface area (Å²) in [6.07, 6.45) is 0. The van der Waals surface area contributed by atoms with Gasteiger partial charge in [0, 0.05) is 22.6 Å². The highest BCUT2D eigenvalue weighted by molar-refractivity contribution is 7.99. The lowest BCUT2D eigenvalue weighted by Gasteiger charge is -2.13. The number of rotatable bonds is 7. The molecule has 0 spiro atoms. The highest BCUT2D eigenvalue weighted by atomic mass is 32.2. The Balaban J connectivity index is 2.07. The molecule has 0 bridgehead atoms. The van der Waals surface area contributed by atoms with Gasteiger partial charge in [0.15, 0.2) is 11.5 Å². The number of para-hydroxylation sites is 1. The number of nitrogens with zero attached hydrogens (tertiary/aromatic N) is 1. The molecule has 0 aliphatic heterocycles. The van der Waals surface area contributed by atoms with E-state index in [0.29, 0.717) is 29.4 Å². The van der Waals surface area contributed by atoms with E-state index in [0.717, 1.165) is 10.5 Å². The Morgan fingerprint density at radius 1 is 1.21 bits per heavy atom. The molecule has 2 aromatic carbocycles. The summed E-state index contributed by atoms with van der Waals surface area (Å²) in [7, 11) is 3.14. The van der Waals surface area contributed by atoms with Gasteiger partial charge in [-0.1, -0.05) is 18.2 Å². The highest BCUT2D eigenvalue weighted by Gasteiger charge is 2.11. The average molecular weight is 342 g/mol. The Morgan fingerprint density at radius 3 is 2.71 bits per heavy atom. The van der Waals surface area contributed by atoms with Crippen LogP contribution in [0.5, 0.6) is 11.5 Å². The summed E-state index contributed by atoms with van der Waals surface area (Å²) in [5.41, 5.74) is 1.39. The monoisotopic (exact) mass is 342 g/mol. The summed E-state index contributed by atoms with van der Waals surface area (Å²) in [5.74, 6) is 1.41. The molecule has 0 radical (unpaired) electrons. The van der Waals surface area contributed by atoms with Crippen LogP contribution < -0.4 is 14.8 Å². The lowest BCUT2D eigenvalue weighted by molar-refractivity contribution is 0.0950. The van der Waals surface area contributed by atoms with Crippen LogP contribution in [0.15, 0.2) is 47.4 Å². The van der Waals surface area contributed by atoms with E-state index in [4.69, 9.17) is 14.7 Å². The van der Waals surface area contributed by atoms with Gasteiger partial charge in [0.25, 0.3) is 5.91 Å². The third-order valence-corrected chi connectivity index (χ3v) is 4.18. The fourth-order valence-electron chi connectivity index (χ4n) is 2.21. The first-order valence-electron chi connectivity index (χ1n) is 7.27. The van der Waals surface area contributed by atoms with Gasteiger partial charge in [0.1, 0.15) is 0 Å². The van der Waals surface area contributed by atoms with Gasteiger partial charge in [-0.3, -0.25) is 4.79 Å². The maximum Gasteiger partial charge on any atom is 0.251 e. The molecular weight excluding hydrogens is 324 g/mol. The van der Waals surface area contributed by atoms with Crippen molar-refractivity contribution in [3.8, 4) is 17.6 Å². The molecule has 124 valence electrons. The van der Waals surface area contributed by atoms with E-state index < -0.39 is 0 Å². The number of thioether (sulfide) groups is 1. The van der Waals surface area contributed by atoms with E-state index in [-0.39, 0.29) is 5.91 Å². The molecule has 2 rings (SSSR count). The van der Waals surface area contributed by atoms with Crippen molar-refractivity contribution >= 4 is 17.7 Å². The standard InChI is InChI=1S/C18H18N2O3S/c1-22-16-8-4-6-14(17(16)23-2)12-20-18(21)13-5-3-7-15(11-13)24-10-9-19/h3-8,11H,10,12H2,1-2H3,(H,20,21). The van der Waals surface area contributed by atoms with Crippen LogP contribution in [-0.4, -0.2) is 25.9 Å². The summed E-state index contributed by atoms with van der Waals surface area (Å²) in [5, 5.41) is 11.5. The van der Waals surface area contributed by atoms with Gasteiger partial charge in [0.05, 0.1) is 26.0 Å². The van der Waals surface area contributed by atoms with Crippen molar-refractivity contribution in [1.82, 2.24) is 5.32 Å². The second-order valence-corrected chi connectivity index (χ2v) is 5.86. The fraction of sp³-hybridized carbons (Fsp3) is 0.222. The lowest BCUT2D eigenvalue weighted by Crippen LogP contribution is -2.23. The van der Waals surface area contributed by atoms with Crippen LogP contribution in [0.1, 0.15) is 15.9 Å². The number of carbonyl (C=O) groups is 1. The van der Waals surface area contributed by atoms with Gasteiger partial charge < -0.3 is 14.8 Å². The van der Waals surface area contributed by atoms with Gasteiger partial charge >= 0.3 is 0 Å². The van der Waals surface area contributed by atoms with E-state index in [1.807, 2.05) is 18.2 Å². The predicted octanol–water partition coefficient (Wildman–Crippen LogP) is 3.25. The summed E-state index contributed by atoms with van der Waals surface area (Å²) in [6.45, 7) is 0.328. The molecule has 0 aliphatic rings. The molecule has 0 unspecified atom stereocenters. The second-order valence-electron chi connectivity index (χ2n) is 4.81. The Labute approximate surface area is 145 Å². The molecule has 1 N–H and O–H groups in total. The third kappa shape index (κ3) is 4.43. The quantitative estimate of drug-likeness (QED) is 0.782. The van der Waals surface area contributed by atoms with E-state index in [1.54, 1.807) is 38.5 Å². The Kier molecular flexibility index (Phi) is 6.52. The fourth-order valence-corrected chi connectivity index (χ4v) is 2.83. The van der Waals surface area contributed by atoms with Gasteiger partial charge in [-0.2, -0.15) is 5.26 Å². The van der Waals surface area contributed by atoms with Crippen molar-refractivity contribution in [2.75, 3.05) is 20.0 Å². The smallest absolute Gasteiger partial charge is 0.251 e. The summed E-state index contributed by atoms with van der Waals surface area (Å²) in [4.78, 5) is 13.2. The second kappa shape index (κ2) is 8.85. The summed E-state index contributed by atoms with van der Waals surface area (Å²) in [6, 6.07) is 14.8. The Hall–Kier alpha value is -2.65. The minimum atomic E-state index is -0.181. The largest absolute Gasteiger partial charge is 0.493 e. The molecule has 0 saturated carbocycles. The number of ether oxygens (including phenoxy) is 2. The molecule has 0 aromatic heterocycles. The normalized spacial score (nSPS) is 9.88. The van der Waals surface area contributed by atoms with Crippen LogP contribution in [0.4, 0.5) is 0 Å². The first kappa shape index (κ1) is 17.7. The first-order chi connectivity index (χ1) is 11.7. The third-order valence-electron chi connectivity index (χ3n) is 3.32. The number of benzene rings is 2. The number of methoxy groups -OCH3 is 2. The number of hydrogen-bond acceptors (Lipinski definition) is 5. The van der Waals surface area contributed by atoms with Crippen molar-refractivity contribution in [3.63, 3.8) is 0 Å². The lowest BCUT2D eigenvalue weighted by atomic mass is 10.1. The maximum absolute atomic E-state index is 12.3. The highest BCUT2D eigenvalue weighted by Crippen LogP contribution is 2.30. The minimum absolute atomic E-state index is 0.181. The van der Waals surface area contributed by atoms with E-state index in [9.17, 15) is 4.79 Å². The molecular formula is C18H18N2O3S. The van der Waals surface area contributed by atoms with Crippen LogP contribution in [-0.2, 0) is 6.54 Å². The van der Waals surface area contributed by atoms with Crippen LogP contribution in [0, 0.1) is 11.3 Å². The first-order valence-corrected chi connectivity index (χ1v) is 8.26. The van der Waals surface area contributed by atoms with Gasteiger partial charge in [-0.05, 0) is 24.3 Å². The number of carbonyl (C=O) groups excluding carboxylic acids is 1. The van der Waals surface area contributed by atoms with E-state index >= 15 is 0 Å². The number of amides is 1. The average Bonchev–Trinajstić information content (AvgIpc) is 2.64. The van der Waals surface area contributed by atoms with Crippen molar-refractivity contribution in [2.45, 2.75) is 11.4 Å². The van der Waals surface area contributed by atoms with E-state index in [1.165, 1.54) is 11.8 Å². The van der Waals surface area contributed by atoms with Crippen LogP contribution >= 0.6 is 11.8 Å². The maximum atomic E-state index is 12.3. The zero-order valence-electron chi connectivity index (χ0n) is 13.5. The van der Waals surface area contributed by atoms with Crippen molar-refractivity contribution in [1.29, 1.82) is 5.26 Å². The van der Waals surface area contributed by atoms with Crippen LogP contribution in [0.3, 0.4) is 0 Å². The van der Waals surface area contributed by atoms with Crippen LogP contribution in [0.25, 0.3) is 0 Å². The molecule has 0 fully saturated rings. The topological polar surface area (TPSA) is 71.3 Å².